The molecule has 1 fully saturated rings. The molecular weight excluding hydrogens is 288 g/mol. The van der Waals surface area contributed by atoms with Crippen molar-refractivity contribution in [3.8, 4) is 23.0 Å². The van der Waals surface area contributed by atoms with Crippen molar-refractivity contribution in [2.75, 3.05) is 0 Å². The van der Waals surface area contributed by atoms with Crippen molar-refractivity contribution in [3.63, 3.8) is 0 Å². The van der Waals surface area contributed by atoms with E-state index in [0.717, 1.165) is 12.1 Å². The van der Waals surface area contributed by atoms with Gasteiger partial charge in [0.15, 0.2) is 0 Å². The molecule has 22 heavy (non-hydrogen) atoms. The molecule has 0 aliphatic heterocycles. The zero-order chi connectivity index (χ0) is 16.0. The van der Waals surface area contributed by atoms with Gasteiger partial charge >= 0.3 is 0 Å². The molecule has 0 atom stereocenters. The van der Waals surface area contributed by atoms with Crippen LogP contribution in [0.25, 0.3) is 0 Å². The molecule has 2 aromatic carbocycles. The summed E-state index contributed by atoms with van der Waals surface area (Å²) in [5.41, 5.74) is 0.652. The Bertz CT molecular complexity index is 644. The lowest BCUT2D eigenvalue weighted by Gasteiger charge is -2.47. The third-order valence-electron chi connectivity index (χ3n) is 4.22. The van der Waals surface area contributed by atoms with Gasteiger partial charge in [0.25, 0.3) is 0 Å². The van der Waals surface area contributed by atoms with Gasteiger partial charge in [-0.2, -0.15) is 0 Å². The topological polar surface area (TPSA) is 121 Å². The van der Waals surface area contributed by atoms with Crippen LogP contribution in [0.3, 0.4) is 0 Å². The Morgan fingerprint density at radius 2 is 0.955 bits per heavy atom. The number of aliphatic hydroxyl groups excluding tert-OH is 2. The van der Waals surface area contributed by atoms with Gasteiger partial charge < -0.3 is 30.6 Å². The molecule has 2 aromatic rings. The minimum absolute atomic E-state index is 0.114. The summed E-state index contributed by atoms with van der Waals surface area (Å²) in [6.45, 7) is 0. The zero-order valence-corrected chi connectivity index (χ0v) is 11.5. The highest BCUT2D eigenvalue weighted by molar-refractivity contribution is 5.49. The molecule has 0 saturated heterocycles. The molecule has 3 rings (SSSR count). The first kappa shape index (κ1) is 14.5. The minimum atomic E-state index is -1.01. The number of phenolic OH excluding ortho intramolecular Hbond substituents is 4. The highest BCUT2D eigenvalue weighted by Crippen LogP contribution is 2.52. The summed E-state index contributed by atoms with van der Waals surface area (Å²) < 4.78 is 0. The molecule has 1 aliphatic carbocycles. The highest BCUT2D eigenvalue weighted by atomic mass is 16.3. The quantitative estimate of drug-likeness (QED) is 0.494. The molecule has 0 aromatic heterocycles. The van der Waals surface area contributed by atoms with E-state index in [9.17, 15) is 30.6 Å². The van der Waals surface area contributed by atoms with E-state index in [-0.39, 0.29) is 23.0 Å². The van der Waals surface area contributed by atoms with Crippen molar-refractivity contribution in [3.05, 3.63) is 47.5 Å². The largest absolute Gasteiger partial charge is 0.508 e. The van der Waals surface area contributed by atoms with E-state index in [2.05, 4.69) is 0 Å². The number of hydrogen-bond donors (Lipinski definition) is 6. The number of phenols is 4. The van der Waals surface area contributed by atoms with Crippen molar-refractivity contribution < 1.29 is 30.6 Å². The van der Waals surface area contributed by atoms with Gasteiger partial charge in [0.1, 0.15) is 23.0 Å². The second-order valence-corrected chi connectivity index (χ2v) is 5.52. The van der Waals surface area contributed by atoms with Crippen LogP contribution in [-0.2, 0) is 0 Å². The molecule has 0 unspecified atom stereocenters. The first-order valence-corrected chi connectivity index (χ1v) is 6.80. The summed E-state index contributed by atoms with van der Waals surface area (Å²) in [6, 6.07) is 7.88. The normalized spacial score (nSPS) is 27.4. The molecule has 6 N–H and O–H groups in total. The third kappa shape index (κ3) is 2.13. The zero-order valence-electron chi connectivity index (χ0n) is 11.5. The van der Waals surface area contributed by atoms with E-state index in [1.807, 2.05) is 0 Å². The third-order valence-corrected chi connectivity index (χ3v) is 4.22. The molecule has 0 radical (unpaired) electrons. The molecule has 6 heteroatoms. The van der Waals surface area contributed by atoms with Gasteiger partial charge in [0, 0.05) is 35.1 Å². The standard InChI is InChI=1S/C16H16O6/c17-7-1-3-9(11(19)5-7)13-15(21)14(16(13)22)10-4-2-8(18)6-12(10)20/h1-6,13-22H. The summed E-state index contributed by atoms with van der Waals surface area (Å²) in [5, 5.41) is 58.9. The van der Waals surface area contributed by atoms with E-state index in [1.165, 1.54) is 24.3 Å². The van der Waals surface area contributed by atoms with Crippen LogP contribution in [-0.4, -0.2) is 42.8 Å². The van der Waals surface area contributed by atoms with Gasteiger partial charge in [0.2, 0.25) is 0 Å². The van der Waals surface area contributed by atoms with Gasteiger partial charge in [-0.25, -0.2) is 0 Å². The number of benzene rings is 2. The predicted octanol–water partition coefficient (Wildman–Crippen LogP) is 1.11. The Morgan fingerprint density at radius 1 is 0.591 bits per heavy atom. The van der Waals surface area contributed by atoms with Crippen LogP contribution >= 0.6 is 0 Å². The van der Waals surface area contributed by atoms with Gasteiger partial charge in [-0.3, -0.25) is 0 Å². The van der Waals surface area contributed by atoms with Crippen LogP contribution in [0.2, 0.25) is 0 Å². The maximum absolute atomic E-state index is 10.3. The molecule has 1 saturated carbocycles. The molecule has 0 amide bonds. The Balaban J connectivity index is 1.91. The molecule has 0 heterocycles. The molecular formula is C16H16O6. The van der Waals surface area contributed by atoms with Crippen LogP contribution in [0.15, 0.2) is 36.4 Å². The van der Waals surface area contributed by atoms with E-state index in [0.29, 0.717) is 11.1 Å². The fraction of sp³-hybridized carbons (Fsp3) is 0.250. The van der Waals surface area contributed by atoms with Crippen molar-refractivity contribution in [1.29, 1.82) is 0 Å². The monoisotopic (exact) mass is 304 g/mol. The maximum Gasteiger partial charge on any atom is 0.122 e. The van der Waals surface area contributed by atoms with Crippen molar-refractivity contribution >= 4 is 0 Å². The van der Waals surface area contributed by atoms with Crippen LogP contribution in [0.1, 0.15) is 23.0 Å². The van der Waals surface area contributed by atoms with Gasteiger partial charge in [-0.05, 0) is 12.1 Å². The minimum Gasteiger partial charge on any atom is -0.508 e. The van der Waals surface area contributed by atoms with Gasteiger partial charge in [-0.15, -0.1) is 0 Å². The van der Waals surface area contributed by atoms with Crippen molar-refractivity contribution in [1.82, 2.24) is 0 Å². The Hall–Kier alpha value is -2.44. The molecule has 1 aliphatic rings. The molecule has 0 bridgehead atoms. The fourth-order valence-electron chi connectivity index (χ4n) is 3.07. The second kappa shape index (κ2) is 5.08. The average Bonchev–Trinajstić information content (AvgIpc) is 2.45. The smallest absolute Gasteiger partial charge is 0.122 e. The first-order valence-electron chi connectivity index (χ1n) is 6.80. The summed E-state index contributed by atoms with van der Waals surface area (Å²) in [4.78, 5) is 0. The molecule has 0 spiro atoms. The molecule has 116 valence electrons. The second-order valence-electron chi connectivity index (χ2n) is 5.52. The number of rotatable bonds is 2. The van der Waals surface area contributed by atoms with Crippen LogP contribution in [0.5, 0.6) is 23.0 Å². The van der Waals surface area contributed by atoms with E-state index in [4.69, 9.17) is 0 Å². The number of aliphatic hydroxyl groups is 2. The lowest BCUT2D eigenvalue weighted by molar-refractivity contribution is -0.0798. The first-order chi connectivity index (χ1) is 10.4. The van der Waals surface area contributed by atoms with E-state index < -0.39 is 24.0 Å². The van der Waals surface area contributed by atoms with Gasteiger partial charge in [-0.1, -0.05) is 12.1 Å². The maximum atomic E-state index is 10.3. The number of hydrogen-bond acceptors (Lipinski definition) is 6. The summed E-state index contributed by atoms with van der Waals surface area (Å²) >= 11 is 0. The van der Waals surface area contributed by atoms with Crippen LogP contribution < -0.4 is 0 Å². The Labute approximate surface area is 126 Å². The summed E-state index contributed by atoms with van der Waals surface area (Å²) in [6.07, 6.45) is -2.03. The van der Waals surface area contributed by atoms with E-state index in [1.54, 1.807) is 0 Å². The van der Waals surface area contributed by atoms with Gasteiger partial charge in [0.05, 0.1) is 12.2 Å². The Kier molecular flexibility index (Phi) is 3.35. The van der Waals surface area contributed by atoms with Crippen molar-refractivity contribution in [2.24, 2.45) is 0 Å². The summed E-state index contributed by atoms with van der Waals surface area (Å²) in [7, 11) is 0. The molecule has 6 nitrogen and oxygen atoms in total. The number of aromatic hydroxyl groups is 4. The lowest BCUT2D eigenvalue weighted by Crippen LogP contribution is -2.51. The summed E-state index contributed by atoms with van der Waals surface area (Å²) in [5.74, 6) is -2.10. The van der Waals surface area contributed by atoms with Crippen LogP contribution in [0.4, 0.5) is 0 Å². The Morgan fingerprint density at radius 3 is 1.27 bits per heavy atom. The van der Waals surface area contributed by atoms with E-state index >= 15 is 0 Å². The average molecular weight is 304 g/mol. The predicted molar refractivity (Wildman–Crippen MR) is 77.0 cm³/mol. The SMILES string of the molecule is Oc1ccc(C2C(O)C(c3ccc(O)cc3O)C2O)c(O)c1. The highest BCUT2D eigenvalue weighted by Gasteiger charge is 2.52. The lowest BCUT2D eigenvalue weighted by atomic mass is 9.63. The fourth-order valence-corrected chi connectivity index (χ4v) is 3.07. The van der Waals surface area contributed by atoms with Crippen LogP contribution in [0, 0.1) is 0 Å². The van der Waals surface area contributed by atoms with Crippen molar-refractivity contribution in [2.45, 2.75) is 24.0 Å².